The van der Waals surface area contributed by atoms with E-state index in [0.717, 1.165) is 0 Å². The van der Waals surface area contributed by atoms with Crippen LogP contribution >= 0.6 is 0 Å². The molecule has 2 amide bonds. The molecule has 0 aromatic rings. The second kappa shape index (κ2) is 5.72. The van der Waals surface area contributed by atoms with Gasteiger partial charge in [-0.25, -0.2) is 0 Å². The Hall–Kier alpha value is -1.10. The van der Waals surface area contributed by atoms with Crippen LogP contribution in [0.25, 0.3) is 0 Å². The van der Waals surface area contributed by atoms with Crippen molar-refractivity contribution in [2.24, 2.45) is 17.1 Å². The van der Waals surface area contributed by atoms with E-state index < -0.39 is 11.0 Å². The summed E-state index contributed by atoms with van der Waals surface area (Å²) in [6, 6.07) is 0. The zero-order chi connectivity index (χ0) is 15.7. The maximum atomic E-state index is 12.6. The van der Waals surface area contributed by atoms with Crippen LogP contribution in [0, 0.1) is 11.3 Å². The monoisotopic (exact) mass is 283 g/mol. The summed E-state index contributed by atoms with van der Waals surface area (Å²) < 4.78 is 0. The van der Waals surface area contributed by atoms with Gasteiger partial charge in [0.05, 0.1) is 5.41 Å². The van der Waals surface area contributed by atoms with Crippen LogP contribution < -0.4 is 5.73 Å². The summed E-state index contributed by atoms with van der Waals surface area (Å²) in [4.78, 5) is 28.2. The Labute approximate surface area is 122 Å². The van der Waals surface area contributed by atoms with Crippen molar-refractivity contribution in [1.82, 2.24) is 9.80 Å². The first-order valence-corrected chi connectivity index (χ1v) is 7.35. The van der Waals surface area contributed by atoms with Gasteiger partial charge in [-0.3, -0.25) is 9.59 Å². The first-order valence-electron chi connectivity index (χ1n) is 7.35. The molecule has 116 valence electrons. The fourth-order valence-electron chi connectivity index (χ4n) is 2.17. The highest BCUT2D eigenvalue weighted by molar-refractivity contribution is 5.84. The molecule has 1 fully saturated rings. The Kier molecular flexibility index (Phi) is 4.85. The quantitative estimate of drug-likeness (QED) is 0.842. The van der Waals surface area contributed by atoms with Gasteiger partial charge in [-0.1, -0.05) is 13.8 Å². The summed E-state index contributed by atoms with van der Waals surface area (Å²) in [5.74, 6) is 0.244. The molecule has 0 aromatic heterocycles. The predicted octanol–water partition coefficient (Wildman–Crippen LogP) is 1.08. The molecule has 1 aliphatic rings. The minimum Gasteiger partial charge on any atom is -0.339 e. The molecule has 0 atom stereocenters. The first-order chi connectivity index (χ1) is 8.98. The molecule has 0 aromatic carbocycles. The van der Waals surface area contributed by atoms with Gasteiger partial charge in [-0.2, -0.15) is 0 Å². The molecule has 0 aliphatic carbocycles. The Balaban J connectivity index is 2.67. The maximum Gasteiger partial charge on any atom is 0.230 e. The number of nitrogens with zero attached hydrogens (tertiary/aromatic N) is 2. The van der Waals surface area contributed by atoms with Crippen molar-refractivity contribution in [1.29, 1.82) is 0 Å². The molecule has 20 heavy (non-hydrogen) atoms. The van der Waals surface area contributed by atoms with E-state index in [-0.39, 0.29) is 17.7 Å². The average molecular weight is 283 g/mol. The van der Waals surface area contributed by atoms with Gasteiger partial charge >= 0.3 is 0 Å². The number of rotatable bonds is 3. The Morgan fingerprint density at radius 2 is 1.35 bits per heavy atom. The highest BCUT2D eigenvalue weighted by Gasteiger charge is 2.43. The van der Waals surface area contributed by atoms with E-state index in [4.69, 9.17) is 5.73 Å². The van der Waals surface area contributed by atoms with E-state index in [1.807, 2.05) is 51.3 Å². The Morgan fingerprint density at radius 3 is 1.70 bits per heavy atom. The van der Waals surface area contributed by atoms with Gasteiger partial charge in [0, 0.05) is 37.6 Å². The summed E-state index contributed by atoms with van der Waals surface area (Å²) >= 11 is 0. The van der Waals surface area contributed by atoms with Crippen molar-refractivity contribution >= 4 is 11.8 Å². The summed E-state index contributed by atoms with van der Waals surface area (Å²) in [6.45, 7) is 13.8. The van der Waals surface area contributed by atoms with Crippen molar-refractivity contribution in [2.75, 3.05) is 26.2 Å². The zero-order valence-electron chi connectivity index (χ0n) is 13.7. The molecule has 1 heterocycles. The normalized spacial score (nSPS) is 17.6. The summed E-state index contributed by atoms with van der Waals surface area (Å²) in [7, 11) is 0. The Bertz CT molecular complexity index is 375. The fraction of sp³-hybridized carbons (Fsp3) is 0.867. The van der Waals surface area contributed by atoms with Crippen molar-refractivity contribution < 1.29 is 9.59 Å². The third-order valence-corrected chi connectivity index (χ3v) is 4.52. The van der Waals surface area contributed by atoms with Crippen LogP contribution in [0.2, 0.25) is 0 Å². The van der Waals surface area contributed by atoms with E-state index in [0.29, 0.717) is 26.2 Å². The van der Waals surface area contributed by atoms with Crippen LogP contribution in [0.4, 0.5) is 0 Å². The van der Waals surface area contributed by atoms with Crippen LogP contribution in [0.1, 0.15) is 41.5 Å². The topological polar surface area (TPSA) is 66.6 Å². The van der Waals surface area contributed by atoms with E-state index in [1.54, 1.807) is 0 Å². The van der Waals surface area contributed by atoms with Crippen LogP contribution in [0.15, 0.2) is 0 Å². The molecule has 1 aliphatic heterocycles. The third-order valence-electron chi connectivity index (χ3n) is 4.52. The van der Waals surface area contributed by atoms with Crippen molar-refractivity contribution in [3.63, 3.8) is 0 Å². The number of hydrogen-bond donors (Lipinski definition) is 1. The van der Waals surface area contributed by atoms with E-state index in [2.05, 4.69) is 0 Å². The smallest absolute Gasteiger partial charge is 0.230 e. The number of carbonyl (C=O) groups excluding carboxylic acids is 2. The maximum absolute atomic E-state index is 12.6. The summed E-state index contributed by atoms with van der Waals surface area (Å²) in [5.41, 5.74) is 4.94. The molecular weight excluding hydrogens is 254 g/mol. The van der Waals surface area contributed by atoms with Crippen molar-refractivity contribution in [3.05, 3.63) is 0 Å². The molecule has 1 saturated heterocycles. The van der Waals surface area contributed by atoms with Crippen LogP contribution in [0.3, 0.4) is 0 Å². The fourth-order valence-corrected chi connectivity index (χ4v) is 2.17. The van der Waals surface area contributed by atoms with Crippen molar-refractivity contribution in [2.45, 2.75) is 47.1 Å². The highest BCUT2D eigenvalue weighted by atomic mass is 16.2. The second-order valence-electron chi connectivity index (χ2n) is 7.12. The largest absolute Gasteiger partial charge is 0.339 e. The first kappa shape index (κ1) is 17.0. The number of nitrogens with two attached hydrogens (primary N) is 1. The number of piperazine rings is 1. The molecule has 5 nitrogen and oxygen atoms in total. The zero-order valence-corrected chi connectivity index (χ0v) is 13.7. The van der Waals surface area contributed by atoms with Crippen LogP contribution in [-0.4, -0.2) is 53.3 Å². The van der Waals surface area contributed by atoms with E-state index in [9.17, 15) is 9.59 Å². The number of amides is 2. The number of carbonyl (C=O) groups is 2. The molecule has 0 spiro atoms. The Morgan fingerprint density at radius 1 is 0.950 bits per heavy atom. The van der Waals surface area contributed by atoms with Gasteiger partial charge in [0.15, 0.2) is 0 Å². The molecule has 5 heteroatoms. The van der Waals surface area contributed by atoms with Gasteiger partial charge in [0.2, 0.25) is 11.8 Å². The molecule has 0 radical (unpaired) electrons. The molecule has 0 saturated carbocycles. The lowest BCUT2D eigenvalue weighted by molar-refractivity contribution is -0.149. The third kappa shape index (κ3) is 3.32. The van der Waals surface area contributed by atoms with Crippen LogP contribution in [0.5, 0.6) is 0 Å². The number of hydrogen-bond acceptors (Lipinski definition) is 3. The second-order valence-corrected chi connectivity index (χ2v) is 7.12. The van der Waals surface area contributed by atoms with Crippen LogP contribution in [-0.2, 0) is 9.59 Å². The molecule has 0 bridgehead atoms. The van der Waals surface area contributed by atoms with Gasteiger partial charge in [-0.15, -0.1) is 0 Å². The average Bonchev–Trinajstić information content (AvgIpc) is 2.35. The van der Waals surface area contributed by atoms with Gasteiger partial charge in [0.1, 0.15) is 0 Å². The summed E-state index contributed by atoms with van der Waals surface area (Å²) in [6.07, 6.45) is 0. The molecule has 1 rings (SSSR count). The molecule has 0 unspecified atom stereocenters. The van der Waals surface area contributed by atoms with E-state index in [1.165, 1.54) is 0 Å². The minimum absolute atomic E-state index is 0.0108. The lowest BCUT2D eigenvalue weighted by Crippen LogP contribution is -2.60. The minimum atomic E-state index is -0.614. The standard InChI is InChI=1S/C15H29N3O2/c1-11(2)12(19)17-7-9-18(10-8-17)13(20)14(3,4)15(5,6)16/h11H,7-10,16H2,1-6H3. The van der Waals surface area contributed by atoms with E-state index >= 15 is 0 Å². The van der Waals surface area contributed by atoms with Gasteiger partial charge in [-0.05, 0) is 27.7 Å². The van der Waals surface area contributed by atoms with Gasteiger partial charge in [0.25, 0.3) is 0 Å². The highest BCUT2D eigenvalue weighted by Crippen LogP contribution is 2.31. The lowest BCUT2D eigenvalue weighted by Gasteiger charge is -2.43. The molecular formula is C15H29N3O2. The SMILES string of the molecule is CC(C)C(=O)N1CCN(C(=O)C(C)(C)C(C)(C)N)CC1. The predicted molar refractivity (Wildman–Crippen MR) is 80.0 cm³/mol. The van der Waals surface area contributed by atoms with Crippen molar-refractivity contribution in [3.8, 4) is 0 Å². The lowest BCUT2D eigenvalue weighted by atomic mass is 9.74. The van der Waals surface area contributed by atoms with Gasteiger partial charge < -0.3 is 15.5 Å². The summed E-state index contributed by atoms with van der Waals surface area (Å²) in [5, 5.41) is 0. The molecule has 2 N–H and O–H groups in total.